The summed E-state index contributed by atoms with van der Waals surface area (Å²) < 4.78 is 27.5. The number of likely N-dealkylation sites (N-methyl/N-ethyl adjacent to an activating group) is 1. The van der Waals surface area contributed by atoms with E-state index in [1.807, 2.05) is 32.8 Å². The second kappa shape index (κ2) is 7.06. The minimum Gasteiger partial charge on any atom is -0.388 e. The molecule has 0 heterocycles. The molecule has 1 unspecified atom stereocenters. The molecule has 0 bridgehead atoms. The van der Waals surface area contributed by atoms with Crippen LogP contribution in [0.5, 0.6) is 0 Å². The first-order chi connectivity index (χ1) is 9.26. The van der Waals surface area contributed by atoms with E-state index in [1.165, 1.54) is 0 Å². The highest BCUT2D eigenvalue weighted by Gasteiger charge is 2.22. The first-order valence-corrected chi connectivity index (χ1v) is 8.19. The Bertz CT molecular complexity index is 510. The van der Waals surface area contributed by atoms with Crippen molar-refractivity contribution in [2.24, 2.45) is 5.92 Å². The summed E-state index contributed by atoms with van der Waals surface area (Å²) in [5.74, 6) is 0.226. The summed E-state index contributed by atoms with van der Waals surface area (Å²) in [4.78, 5) is 2.28. The van der Waals surface area contributed by atoms with E-state index in [0.29, 0.717) is 11.4 Å². The van der Waals surface area contributed by atoms with E-state index >= 15 is 0 Å². The third-order valence-corrected chi connectivity index (χ3v) is 4.63. The predicted molar refractivity (Wildman–Crippen MR) is 83.5 cm³/mol. The molecular weight excluding hydrogens is 274 g/mol. The average Bonchev–Trinajstić information content (AvgIpc) is 2.37. The van der Waals surface area contributed by atoms with Crippen molar-refractivity contribution in [1.82, 2.24) is 9.62 Å². The molecule has 0 saturated carbocycles. The number of hydrogen-bond donors (Lipinski definition) is 2. The minimum atomic E-state index is -3.48. The van der Waals surface area contributed by atoms with E-state index in [2.05, 4.69) is 10.0 Å². The van der Waals surface area contributed by atoms with Gasteiger partial charge >= 0.3 is 0 Å². The molecule has 5 nitrogen and oxygen atoms in total. The zero-order valence-electron chi connectivity index (χ0n) is 12.8. The normalized spacial score (nSPS) is 13.8. The van der Waals surface area contributed by atoms with Gasteiger partial charge < -0.3 is 10.2 Å². The van der Waals surface area contributed by atoms with Crippen LogP contribution >= 0.6 is 0 Å². The van der Waals surface area contributed by atoms with Gasteiger partial charge in [-0.25, -0.2) is 13.1 Å². The van der Waals surface area contributed by atoms with Crippen molar-refractivity contribution in [1.29, 1.82) is 0 Å². The van der Waals surface area contributed by atoms with E-state index in [1.54, 1.807) is 31.3 Å². The van der Waals surface area contributed by atoms with Gasteiger partial charge in [-0.2, -0.15) is 0 Å². The SMILES string of the molecule is CNc1ccc(S(=O)(=O)NC(CN(C)C)C(C)C)cc1. The van der Waals surface area contributed by atoms with Crippen LogP contribution in [-0.4, -0.2) is 47.0 Å². The molecule has 0 spiro atoms. The van der Waals surface area contributed by atoms with E-state index in [9.17, 15) is 8.42 Å². The fourth-order valence-electron chi connectivity index (χ4n) is 1.85. The molecule has 0 amide bonds. The van der Waals surface area contributed by atoms with Crippen molar-refractivity contribution in [3.05, 3.63) is 24.3 Å². The molecule has 114 valence electrons. The molecule has 0 aliphatic carbocycles. The Morgan fingerprint density at radius 3 is 2.10 bits per heavy atom. The van der Waals surface area contributed by atoms with Crippen LogP contribution in [0.2, 0.25) is 0 Å². The van der Waals surface area contributed by atoms with Gasteiger partial charge in [0.2, 0.25) is 10.0 Å². The van der Waals surface area contributed by atoms with Gasteiger partial charge in [0.25, 0.3) is 0 Å². The lowest BCUT2D eigenvalue weighted by Gasteiger charge is -2.25. The summed E-state index contributed by atoms with van der Waals surface area (Å²) in [6.45, 7) is 4.70. The Kier molecular flexibility index (Phi) is 5.98. The van der Waals surface area contributed by atoms with Gasteiger partial charge in [0.05, 0.1) is 4.90 Å². The van der Waals surface area contributed by atoms with Crippen LogP contribution in [0.1, 0.15) is 13.8 Å². The van der Waals surface area contributed by atoms with Crippen molar-refractivity contribution in [2.45, 2.75) is 24.8 Å². The van der Waals surface area contributed by atoms with Crippen molar-refractivity contribution in [3.8, 4) is 0 Å². The molecule has 1 aromatic carbocycles. The first kappa shape index (κ1) is 16.9. The highest BCUT2D eigenvalue weighted by molar-refractivity contribution is 7.89. The Morgan fingerprint density at radius 1 is 1.15 bits per heavy atom. The third kappa shape index (κ3) is 4.77. The summed E-state index contributed by atoms with van der Waals surface area (Å²) in [7, 11) is 2.19. The van der Waals surface area contributed by atoms with Crippen LogP contribution in [-0.2, 0) is 10.0 Å². The maximum Gasteiger partial charge on any atom is 0.240 e. The zero-order valence-corrected chi connectivity index (χ0v) is 13.7. The van der Waals surface area contributed by atoms with Gasteiger partial charge in [-0.15, -0.1) is 0 Å². The molecule has 0 fully saturated rings. The van der Waals surface area contributed by atoms with Crippen LogP contribution in [0.15, 0.2) is 29.2 Å². The van der Waals surface area contributed by atoms with E-state index in [-0.39, 0.29) is 12.0 Å². The smallest absolute Gasteiger partial charge is 0.240 e. The molecular formula is C14H25N3O2S. The van der Waals surface area contributed by atoms with Crippen molar-refractivity contribution >= 4 is 15.7 Å². The fraction of sp³-hybridized carbons (Fsp3) is 0.571. The topological polar surface area (TPSA) is 61.4 Å². The average molecular weight is 299 g/mol. The highest BCUT2D eigenvalue weighted by Crippen LogP contribution is 2.15. The Balaban J connectivity index is 2.91. The van der Waals surface area contributed by atoms with Gasteiger partial charge in [0, 0.05) is 25.3 Å². The highest BCUT2D eigenvalue weighted by atomic mass is 32.2. The Hall–Kier alpha value is -1.11. The molecule has 0 radical (unpaired) electrons. The van der Waals surface area contributed by atoms with E-state index in [0.717, 1.165) is 5.69 Å². The molecule has 2 N–H and O–H groups in total. The fourth-order valence-corrected chi connectivity index (χ4v) is 3.22. The largest absolute Gasteiger partial charge is 0.388 e. The van der Waals surface area contributed by atoms with Crippen LogP contribution in [0.3, 0.4) is 0 Å². The number of sulfonamides is 1. The van der Waals surface area contributed by atoms with Crippen LogP contribution in [0.4, 0.5) is 5.69 Å². The molecule has 0 saturated heterocycles. The number of nitrogens with zero attached hydrogens (tertiary/aromatic N) is 1. The standard InChI is InChI=1S/C14H25N3O2S/c1-11(2)14(10-17(4)5)16-20(18,19)13-8-6-12(15-3)7-9-13/h6-9,11,14-16H,10H2,1-5H3. The van der Waals surface area contributed by atoms with Crippen LogP contribution < -0.4 is 10.0 Å². The summed E-state index contributed by atoms with van der Waals surface area (Å²) in [5.41, 5.74) is 0.887. The van der Waals surface area contributed by atoms with Gasteiger partial charge in [0.1, 0.15) is 0 Å². The maximum absolute atomic E-state index is 12.4. The maximum atomic E-state index is 12.4. The second-order valence-electron chi connectivity index (χ2n) is 5.51. The number of nitrogens with one attached hydrogen (secondary N) is 2. The molecule has 1 atom stereocenters. The van der Waals surface area contributed by atoms with Gasteiger partial charge in [0.15, 0.2) is 0 Å². The number of rotatable bonds is 7. The Labute approximate surface area is 122 Å². The monoisotopic (exact) mass is 299 g/mol. The lowest BCUT2D eigenvalue weighted by Crippen LogP contribution is -2.44. The molecule has 0 aromatic heterocycles. The van der Waals surface area contributed by atoms with Gasteiger partial charge in [-0.1, -0.05) is 13.8 Å². The molecule has 1 aromatic rings. The van der Waals surface area contributed by atoms with Crippen LogP contribution in [0, 0.1) is 5.92 Å². The van der Waals surface area contributed by atoms with Gasteiger partial charge in [-0.05, 0) is 44.3 Å². The van der Waals surface area contributed by atoms with Gasteiger partial charge in [-0.3, -0.25) is 0 Å². The zero-order chi connectivity index (χ0) is 15.3. The number of benzene rings is 1. The number of anilines is 1. The lowest BCUT2D eigenvalue weighted by molar-refractivity contribution is 0.314. The second-order valence-corrected chi connectivity index (χ2v) is 7.22. The van der Waals surface area contributed by atoms with Crippen molar-refractivity contribution in [2.75, 3.05) is 33.0 Å². The molecule has 6 heteroatoms. The van der Waals surface area contributed by atoms with Crippen molar-refractivity contribution < 1.29 is 8.42 Å². The van der Waals surface area contributed by atoms with Crippen molar-refractivity contribution in [3.63, 3.8) is 0 Å². The summed E-state index contributed by atoms with van der Waals surface area (Å²) in [6, 6.07) is 6.62. The van der Waals surface area contributed by atoms with Crippen LogP contribution in [0.25, 0.3) is 0 Å². The quantitative estimate of drug-likeness (QED) is 0.803. The Morgan fingerprint density at radius 2 is 1.70 bits per heavy atom. The summed E-state index contributed by atoms with van der Waals surface area (Å²) in [5, 5.41) is 2.97. The third-order valence-electron chi connectivity index (χ3n) is 3.13. The van der Waals surface area contributed by atoms with E-state index < -0.39 is 10.0 Å². The molecule has 1 rings (SSSR count). The first-order valence-electron chi connectivity index (χ1n) is 6.71. The number of hydrogen-bond acceptors (Lipinski definition) is 4. The summed E-state index contributed by atoms with van der Waals surface area (Å²) >= 11 is 0. The molecule has 20 heavy (non-hydrogen) atoms. The van der Waals surface area contributed by atoms with E-state index in [4.69, 9.17) is 0 Å². The lowest BCUT2D eigenvalue weighted by atomic mass is 10.1. The molecule has 0 aliphatic heterocycles. The molecule has 0 aliphatic rings. The predicted octanol–water partition coefficient (Wildman–Crippen LogP) is 1.59. The summed E-state index contributed by atoms with van der Waals surface area (Å²) in [6.07, 6.45) is 0. The minimum absolute atomic E-state index is 0.112.